The molecule has 1 saturated heterocycles. The number of ether oxygens (including phenoxy) is 1. The van der Waals surface area contributed by atoms with E-state index in [4.69, 9.17) is 10.3 Å². The van der Waals surface area contributed by atoms with E-state index < -0.39 is 18.5 Å². The fourth-order valence-corrected chi connectivity index (χ4v) is 3.22. The Labute approximate surface area is 122 Å². The lowest BCUT2D eigenvalue weighted by atomic mass is 9.96. The molecule has 0 aliphatic carbocycles. The smallest absolute Gasteiger partial charge is 0.182 e. The Hall–Kier alpha value is -1.63. The molecule has 21 heavy (non-hydrogen) atoms. The molecule has 7 nitrogen and oxygen atoms in total. The van der Waals surface area contributed by atoms with Crippen LogP contribution in [0, 0.1) is 0 Å². The van der Waals surface area contributed by atoms with Gasteiger partial charge in [0.1, 0.15) is 6.10 Å². The van der Waals surface area contributed by atoms with Crippen LogP contribution in [-0.2, 0) is 17.7 Å². The van der Waals surface area contributed by atoms with Gasteiger partial charge in [0.2, 0.25) is 0 Å². The van der Waals surface area contributed by atoms with Crippen LogP contribution in [-0.4, -0.2) is 52.7 Å². The average molecular weight is 290 g/mol. The Kier molecular flexibility index (Phi) is 4.10. The predicted molar refractivity (Wildman–Crippen MR) is 75.2 cm³/mol. The monoisotopic (exact) mass is 290 g/mol. The highest BCUT2D eigenvalue weighted by molar-refractivity contribution is 5.29. The molecule has 0 bridgehead atoms. The van der Waals surface area contributed by atoms with E-state index in [2.05, 4.69) is 27.1 Å². The van der Waals surface area contributed by atoms with E-state index in [9.17, 15) is 10.2 Å². The second-order valence-electron chi connectivity index (χ2n) is 5.45. The van der Waals surface area contributed by atoms with Crippen molar-refractivity contribution in [3.8, 4) is 0 Å². The molecule has 2 aliphatic heterocycles. The van der Waals surface area contributed by atoms with E-state index in [1.165, 1.54) is 11.1 Å². The normalized spacial score (nSPS) is 32.5. The van der Waals surface area contributed by atoms with Gasteiger partial charge in [-0.1, -0.05) is 29.4 Å². The number of hydrogen-bond donors (Lipinski definition) is 2. The first-order valence-electron chi connectivity index (χ1n) is 7.04. The molecule has 1 fully saturated rings. The van der Waals surface area contributed by atoms with Crippen LogP contribution in [0.5, 0.6) is 0 Å². The van der Waals surface area contributed by atoms with Gasteiger partial charge >= 0.3 is 0 Å². The highest BCUT2D eigenvalue weighted by Gasteiger charge is 2.46. The summed E-state index contributed by atoms with van der Waals surface area (Å²) >= 11 is 0. The van der Waals surface area contributed by atoms with Gasteiger partial charge in [-0.2, -0.15) is 0 Å². The van der Waals surface area contributed by atoms with Gasteiger partial charge in [0.05, 0.1) is 18.7 Å². The van der Waals surface area contributed by atoms with Crippen molar-refractivity contribution in [3.63, 3.8) is 0 Å². The van der Waals surface area contributed by atoms with E-state index >= 15 is 0 Å². The van der Waals surface area contributed by atoms with E-state index in [0.29, 0.717) is 6.54 Å². The fourth-order valence-electron chi connectivity index (χ4n) is 3.22. The molecule has 0 unspecified atom stereocenters. The second kappa shape index (κ2) is 6.01. The summed E-state index contributed by atoms with van der Waals surface area (Å²) in [4.78, 5) is 4.83. The summed E-state index contributed by atoms with van der Waals surface area (Å²) in [6.07, 6.45) is -1.82. The first kappa shape index (κ1) is 14.3. The maximum Gasteiger partial charge on any atom is 0.182 e. The van der Waals surface area contributed by atoms with Crippen molar-refractivity contribution >= 4 is 0 Å². The van der Waals surface area contributed by atoms with Crippen LogP contribution in [0.3, 0.4) is 0 Å². The summed E-state index contributed by atoms with van der Waals surface area (Å²) in [5, 5.41) is 23.4. The lowest BCUT2D eigenvalue weighted by Crippen LogP contribution is -2.50. The number of azide groups is 1. The van der Waals surface area contributed by atoms with Crippen LogP contribution < -0.4 is 0 Å². The van der Waals surface area contributed by atoms with Crippen molar-refractivity contribution in [2.24, 2.45) is 5.11 Å². The van der Waals surface area contributed by atoms with Crippen LogP contribution in [0.4, 0.5) is 0 Å². The number of rotatable bonds is 3. The SMILES string of the molecule is [N-]=[N+]=NC[C@H]1O[C@H](O)[C@H](O)[C@H]1N1CCc2ccccc2C1. The summed E-state index contributed by atoms with van der Waals surface area (Å²) < 4.78 is 5.33. The molecule has 4 atom stereocenters. The number of nitrogens with zero attached hydrogens (tertiary/aromatic N) is 4. The molecule has 3 rings (SSSR count). The Morgan fingerprint density at radius 1 is 1.33 bits per heavy atom. The molecule has 0 aromatic heterocycles. The average Bonchev–Trinajstić information content (AvgIpc) is 2.79. The zero-order valence-electron chi connectivity index (χ0n) is 11.5. The molecule has 0 amide bonds. The highest BCUT2D eigenvalue weighted by atomic mass is 16.6. The molecule has 0 spiro atoms. The van der Waals surface area contributed by atoms with Gasteiger partial charge in [0, 0.05) is 18.0 Å². The van der Waals surface area contributed by atoms with Crippen LogP contribution in [0.15, 0.2) is 29.4 Å². The predicted octanol–water partition coefficient (Wildman–Crippen LogP) is 0.802. The molecule has 0 saturated carbocycles. The minimum absolute atomic E-state index is 0.105. The van der Waals surface area contributed by atoms with Gasteiger partial charge < -0.3 is 14.9 Å². The molecule has 1 aromatic carbocycles. The zero-order valence-corrected chi connectivity index (χ0v) is 11.5. The largest absolute Gasteiger partial charge is 0.386 e. The lowest BCUT2D eigenvalue weighted by molar-refractivity contribution is -0.125. The van der Waals surface area contributed by atoms with Crippen LogP contribution in [0.1, 0.15) is 11.1 Å². The molecule has 2 heterocycles. The van der Waals surface area contributed by atoms with Crippen LogP contribution in [0.25, 0.3) is 10.4 Å². The van der Waals surface area contributed by atoms with Gasteiger partial charge in [-0.3, -0.25) is 4.90 Å². The second-order valence-corrected chi connectivity index (χ2v) is 5.45. The highest BCUT2D eigenvalue weighted by Crippen LogP contribution is 2.29. The van der Waals surface area contributed by atoms with Crippen molar-refractivity contribution in [2.45, 2.75) is 37.5 Å². The topological polar surface area (TPSA) is 102 Å². The molecule has 112 valence electrons. The number of aliphatic hydroxyl groups excluding tert-OH is 2. The molecule has 7 heteroatoms. The van der Waals surface area contributed by atoms with E-state index in [1.54, 1.807) is 0 Å². The van der Waals surface area contributed by atoms with Crippen LogP contribution in [0.2, 0.25) is 0 Å². The molecule has 0 radical (unpaired) electrons. The molecular formula is C14H18N4O3. The van der Waals surface area contributed by atoms with Gasteiger partial charge in [-0.25, -0.2) is 0 Å². The molecule has 2 aliphatic rings. The maximum atomic E-state index is 10.2. The maximum absolute atomic E-state index is 10.2. The standard InChI is InChI=1S/C14H18N4O3/c15-17-16-7-11-12(13(19)14(20)21-11)18-6-5-9-3-1-2-4-10(9)8-18/h1-4,11-14,19-20H,5-8H2/t11-,12+,13-,14+/m1/s1. The van der Waals surface area contributed by atoms with Crippen molar-refractivity contribution in [3.05, 3.63) is 45.8 Å². The van der Waals surface area contributed by atoms with E-state index in [1.807, 2.05) is 12.1 Å². The van der Waals surface area contributed by atoms with Crippen molar-refractivity contribution < 1.29 is 14.9 Å². The Morgan fingerprint density at radius 3 is 2.86 bits per heavy atom. The van der Waals surface area contributed by atoms with Gasteiger partial charge in [0.15, 0.2) is 6.29 Å². The molecule has 1 aromatic rings. The third-order valence-electron chi connectivity index (χ3n) is 4.24. The number of aliphatic hydroxyl groups is 2. The first-order chi connectivity index (χ1) is 10.2. The fraction of sp³-hybridized carbons (Fsp3) is 0.571. The first-order valence-corrected chi connectivity index (χ1v) is 7.04. The third-order valence-corrected chi connectivity index (χ3v) is 4.24. The van der Waals surface area contributed by atoms with Crippen molar-refractivity contribution in [2.75, 3.05) is 13.1 Å². The van der Waals surface area contributed by atoms with E-state index in [0.717, 1.165) is 13.0 Å². The van der Waals surface area contributed by atoms with Gasteiger partial charge in [-0.05, 0) is 23.1 Å². The Morgan fingerprint density at radius 2 is 2.10 bits per heavy atom. The quantitative estimate of drug-likeness (QED) is 0.488. The molecule has 2 N–H and O–H groups in total. The number of fused-ring (bicyclic) bond motifs is 1. The summed E-state index contributed by atoms with van der Waals surface area (Å²) in [6, 6.07) is 7.84. The number of hydrogen-bond acceptors (Lipinski definition) is 5. The molecular weight excluding hydrogens is 272 g/mol. The van der Waals surface area contributed by atoms with Crippen LogP contribution >= 0.6 is 0 Å². The lowest BCUT2D eigenvalue weighted by Gasteiger charge is -2.36. The summed E-state index contributed by atoms with van der Waals surface area (Å²) in [5.41, 5.74) is 11.0. The zero-order chi connectivity index (χ0) is 14.8. The third kappa shape index (κ3) is 2.74. The summed E-state index contributed by atoms with van der Waals surface area (Å²) in [6.45, 7) is 1.58. The van der Waals surface area contributed by atoms with E-state index in [-0.39, 0.29) is 12.6 Å². The van der Waals surface area contributed by atoms with Crippen molar-refractivity contribution in [1.29, 1.82) is 0 Å². The minimum Gasteiger partial charge on any atom is -0.386 e. The summed E-state index contributed by atoms with van der Waals surface area (Å²) in [5.74, 6) is 0. The Balaban J connectivity index is 1.79. The minimum atomic E-state index is -1.23. The van der Waals surface area contributed by atoms with Gasteiger partial charge in [0.25, 0.3) is 0 Å². The number of benzene rings is 1. The summed E-state index contributed by atoms with van der Waals surface area (Å²) in [7, 11) is 0. The van der Waals surface area contributed by atoms with Gasteiger partial charge in [-0.15, -0.1) is 0 Å². The Bertz CT molecular complexity index is 561. The van der Waals surface area contributed by atoms with Crippen molar-refractivity contribution in [1.82, 2.24) is 4.90 Å².